The van der Waals surface area contributed by atoms with Crippen LogP contribution in [-0.2, 0) is 0 Å². The van der Waals surface area contributed by atoms with Crippen LogP contribution in [0.3, 0.4) is 0 Å². The highest BCUT2D eigenvalue weighted by molar-refractivity contribution is 7.97. The topological polar surface area (TPSA) is 81.9 Å². The normalized spacial score (nSPS) is 19.2. The summed E-state index contributed by atoms with van der Waals surface area (Å²) in [6.45, 7) is 9.04. The number of nitrogens with one attached hydrogen (secondary N) is 1. The van der Waals surface area contributed by atoms with Crippen LogP contribution in [0.15, 0.2) is 23.4 Å². The van der Waals surface area contributed by atoms with Crippen molar-refractivity contribution in [3.05, 3.63) is 23.5 Å². The molecule has 37 heavy (non-hydrogen) atoms. The van der Waals surface area contributed by atoms with Crippen LogP contribution >= 0.6 is 23.3 Å². The number of rotatable bonds is 8. The van der Waals surface area contributed by atoms with Gasteiger partial charge in [-0.2, -0.15) is 0 Å². The Hall–Kier alpha value is -2.51. The van der Waals surface area contributed by atoms with Crippen molar-refractivity contribution in [3.8, 4) is 10.8 Å². The Morgan fingerprint density at radius 2 is 2.14 bits per heavy atom. The van der Waals surface area contributed by atoms with E-state index >= 15 is 0 Å². The van der Waals surface area contributed by atoms with Gasteiger partial charge >= 0.3 is 6.03 Å². The lowest BCUT2D eigenvalue weighted by atomic mass is 10.1. The maximum atomic E-state index is 13.2. The van der Waals surface area contributed by atoms with Gasteiger partial charge in [-0.15, -0.1) is 10.2 Å². The lowest BCUT2D eigenvalue weighted by molar-refractivity contribution is 0.139. The zero-order valence-electron chi connectivity index (χ0n) is 21.4. The van der Waals surface area contributed by atoms with Crippen LogP contribution < -0.4 is 9.62 Å². The number of anilines is 1. The number of hydrogen-bond donors (Lipinski definition) is 1. The molecule has 9 nitrogen and oxygen atoms in total. The molecule has 1 saturated carbocycles. The third-order valence-corrected chi connectivity index (χ3v) is 8.91. The number of fused-ring (bicyclic) bond motifs is 1. The molecule has 1 saturated heterocycles. The summed E-state index contributed by atoms with van der Waals surface area (Å²) in [6, 6.07) is 2.23. The first kappa shape index (κ1) is 26.1. The zero-order valence-corrected chi connectivity index (χ0v) is 23.1. The fourth-order valence-electron chi connectivity index (χ4n) is 4.52. The van der Waals surface area contributed by atoms with E-state index in [1.807, 2.05) is 22.5 Å². The maximum absolute atomic E-state index is 13.2. The third kappa shape index (κ3) is 5.39. The number of urea groups is 1. The second-order valence-electron chi connectivity index (χ2n) is 10.1. The number of carbonyl (C=O) groups excluding carboxylic acids is 1. The lowest BCUT2D eigenvalue weighted by Crippen LogP contribution is -2.57. The number of pyridine rings is 1. The minimum atomic E-state index is -2.67. The van der Waals surface area contributed by atoms with Gasteiger partial charge in [0.05, 0.1) is 17.4 Å². The van der Waals surface area contributed by atoms with E-state index in [9.17, 15) is 13.6 Å². The third-order valence-electron chi connectivity index (χ3n) is 6.93. The molecule has 0 aromatic carbocycles. The second-order valence-corrected chi connectivity index (χ2v) is 12.0. The van der Waals surface area contributed by atoms with Crippen LogP contribution in [0.4, 0.5) is 19.3 Å². The van der Waals surface area contributed by atoms with Gasteiger partial charge in [-0.25, -0.2) is 18.6 Å². The van der Waals surface area contributed by atoms with Crippen LogP contribution in [0.2, 0.25) is 0 Å². The van der Waals surface area contributed by atoms with Gasteiger partial charge < -0.3 is 14.7 Å². The number of aromatic nitrogens is 4. The minimum Gasteiger partial charge on any atom is -0.366 e. The van der Waals surface area contributed by atoms with Gasteiger partial charge in [-0.05, 0) is 51.1 Å². The summed E-state index contributed by atoms with van der Waals surface area (Å²) in [5.41, 5.74) is 1.99. The summed E-state index contributed by atoms with van der Waals surface area (Å²) in [4.78, 5) is 24.5. The van der Waals surface area contributed by atoms with Gasteiger partial charge in [0.25, 0.3) is 6.43 Å². The number of hydrogen-bond acceptors (Lipinski definition) is 8. The van der Waals surface area contributed by atoms with E-state index in [0.29, 0.717) is 30.5 Å². The number of amides is 2. The SMILES string of the molecule is CCCN(C)C(=O)N1CCN(c2cc(SNC3(C)CC3)cn3c(-c4nnc(C(F)F)s4)ncc23)CC1C. The van der Waals surface area contributed by atoms with Crippen molar-refractivity contribution in [2.24, 2.45) is 0 Å². The Labute approximate surface area is 223 Å². The van der Waals surface area contributed by atoms with E-state index in [1.54, 1.807) is 23.0 Å². The molecule has 1 unspecified atom stereocenters. The van der Waals surface area contributed by atoms with E-state index < -0.39 is 6.43 Å². The molecule has 2 fully saturated rings. The first-order valence-corrected chi connectivity index (χ1v) is 14.2. The van der Waals surface area contributed by atoms with E-state index in [1.165, 1.54) is 0 Å². The summed E-state index contributed by atoms with van der Waals surface area (Å²) in [5, 5.41) is 7.68. The molecule has 0 spiro atoms. The van der Waals surface area contributed by atoms with Crippen molar-refractivity contribution >= 4 is 40.5 Å². The standard InChI is InChI=1S/C24H32F2N8OS2/c1-5-8-31(4)23(35)33-10-9-32(13-15(33)2)17-11-16(37-30-24(3)6-7-24)14-34-18(17)12-27-20(34)22-29-28-21(36-22)19(25)26/h11-12,14-15,19,30H,5-10,13H2,1-4H3. The van der Waals surface area contributed by atoms with E-state index in [2.05, 4.69) is 51.6 Å². The highest BCUT2D eigenvalue weighted by Crippen LogP contribution is 2.39. The van der Waals surface area contributed by atoms with Crippen molar-refractivity contribution in [2.75, 3.05) is 38.1 Å². The number of nitrogens with zero attached hydrogens (tertiary/aromatic N) is 7. The van der Waals surface area contributed by atoms with Gasteiger partial charge in [-0.3, -0.25) is 9.12 Å². The molecule has 1 aliphatic heterocycles. The van der Waals surface area contributed by atoms with Crippen molar-refractivity contribution in [1.29, 1.82) is 0 Å². The molecule has 1 atom stereocenters. The predicted molar refractivity (Wildman–Crippen MR) is 142 cm³/mol. The second kappa shape index (κ2) is 10.3. The number of imidazole rings is 1. The molecular weight excluding hydrogens is 518 g/mol. The molecule has 0 bridgehead atoms. The lowest BCUT2D eigenvalue weighted by Gasteiger charge is -2.42. The summed E-state index contributed by atoms with van der Waals surface area (Å²) in [6.07, 6.45) is 4.24. The highest BCUT2D eigenvalue weighted by atomic mass is 32.2. The molecule has 13 heteroatoms. The molecule has 4 heterocycles. The summed E-state index contributed by atoms with van der Waals surface area (Å²) in [5.74, 6) is 0.490. The Balaban J connectivity index is 1.46. The number of halogens is 2. The fourth-order valence-corrected chi connectivity index (χ4v) is 6.11. The Bertz CT molecular complexity index is 1280. The fraction of sp³-hybridized carbons (Fsp3) is 0.583. The molecule has 1 N–H and O–H groups in total. The van der Waals surface area contributed by atoms with Crippen molar-refractivity contribution in [3.63, 3.8) is 0 Å². The van der Waals surface area contributed by atoms with E-state index in [4.69, 9.17) is 0 Å². The maximum Gasteiger partial charge on any atom is 0.320 e. The summed E-state index contributed by atoms with van der Waals surface area (Å²) >= 11 is 2.43. The first-order chi connectivity index (χ1) is 17.7. The van der Waals surface area contributed by atoms with Gasteiger partial charge in [0.15, 0.2) is 15.8 Å². The van der Waals surface area contributed by atoms with Gasteiger partial charge in [-0.1, -0.05) is 18.3 Å². The van der Waals surface area contributed by atoms with Crippen molar-refractivity contribution in [2.45, 2.75) is 62.9 Å². The molecule has 3 aromatic heterocycles. The Morgan fingerprint density at radius 3 is 2.78 bits per heavy atom. The monoisotopic (exact) mass is 550 g/mol. The minimum absolute atomic E-state index is 0.0274. The van der Waals surface area contributed by atoms with Crippen LogP contribution in [-0.4, -0.2) is 80.2 Å². The number of piperazine rings is 1. The summed E-state index contributed by atoms with van der Waals surface area (Å²) in [7, 11) is 1.85. The van der Waals surface area contributed by atoms with Crippen LogP contribution in [0, 0.1) is 0 Å². The van der Waals surface area contributed by atoms with Gasteiger partial charge in [0.1, 0.15) is 0 Å². The average molecular weight is 551 g/mol. The van der Waals surface area contributed by atoms with E-state index in [0.717, 1.165) is 53.2 Å². The molecular formula is C24H32F2N8OS2. The predicted octanol–water partition coefficient (Wildman–Crippen LogP) is 4.91. The number of carbonyl (C=O) groups is 1. The molecule has 200 valence electrons. The molecule has 2 amide bonds. The van der Waals surface area contributed by atoms with Crippen LogP contribution in [0.1, 0.15) is 51.5 Å². The molecule has 3 aromatic rings. The van der Waals surface area contributed by atoms with Gasteiger partial charge in [0.2, 0.25) is 0 Å². The summed E-state index contributed by atoms with van der Waals surface area (Å²) < 4.78 is 31.8. The smallest absolute Gasteiger partial charge is 0.320 e. The van der Waals surface area contributed by atoms with Crippen molar-refractivity contribution < 1.29 is 13.6 Å². The molecule has 5 rings (SSSR count). The molecule has 1 aliphatic carbocycles. The van der Waals surface area contributed by atoms with Crippen LogP contribution in [0.25, 0.3) is 16.3 Å². The highest BCUT2D eigenvalue weighted by Gasteiger charge is 2.37. The Morgan fingerprint density at radius 1 is 1.35 bits per heavy atom. The molecule has 0 radical (unpaired) electrons. The zero-order chi connectivity index (χ0) is 26.3. The average Bonchev–Trinajstić information content (AvgIpc) is 3.24. The quantitative estimate of drug-likeness (QED) is 0.399. The number of alkyl halides is 2. The van der Waals surface area contributed by atoms with Crippen molar-refractivity contribution in [1.82, 2.24) is 34.1 Å². The molecule has 2 aliphatic rings. The Kier molecular flexibility index (Phi) is 7.29. The van der Waals surface area contributed by atoms with E-state index in [-0.39, 0.29) is 22.6 Å². The largest absolute Gasteiger partial charge is 0.366 e. The first-order valence-electron chi connectivity index (χ1n) is 12.5. The van der Waals surface area contributed by atoms with Crippen LogP contribution in [0.5, 0.6) is 0 Å². The van der Waals surface area contributed by atoms with Gasteiger partial charge in [0, 0.05) is 55.9 Å².